The average Bonchev–Trinajstić information content (AvgIpc) is 2.98. The van der Waals surface area contributed by atoms with E-state index in [0.717, 1.165) is 20.0 Å². The molecule has 2 heterocycles. The predicted molar refractivity (Wildman–Crippen MR) is 87.7 cm³/mol. The van der Waals surface area contributed by atoms with Crippen LogP contribution in [0.15, 0.2) is 18.3 Å². The molecule has 0 radical (unpaired) electrons. The number of piperidine rings is 1. The van der Waals surface area contributed by atoms with Crippen molar-refractivity contribution in [2.24, 2.45) is 17.8 Å². The lowest BCUT2D eigenvalue weighted by Gasteiger charge is -2.27. The van der Waals surface area contributed by atoms with Gasteiger partial charge in [-0.15, -0.1) is 0 Å². The maximum Gasteiger partial charge on any atom is 0.272 e. The second kappa shape index (κ2) is 6.06. The van der Waals surface area contributed by atoms with Crippen LogP contribution in [0, 0.1) is 17.8 Å². The Hall–Kier alpha value is -1.56. The Bertz CT molecular complexity index is 617. The highest BCUT2D eigenvalue weighted by Crippen LogP contribution is 2.48. The van der Waals surface area contributed by atoms with Gasteiger partial charge in [0.1, 0.15) is 0 Å². The normalized spacial score (nSPS) is 26.1. The van der Waals surface area contributed by atoms with Crippen LogP contribution in [0.25, 0.3) is 0 Å². The molecule has 24 heavy (non-hydrogen) atoms. The van der Waals surface area contributed by atoms with Crippen molar-refractivity contribution in [2.75, 3.05) is 13.1 Å². The largest absolute Gasteiger partial charge is 0.351 e. The Morgan fingerprint density at radius 3 is 2.62 bits per heavy atom. The van der Waals surface area contributed by atoms with Crippen LogP contribution in [0.3, 0.4) is 0 Å². The first-order valence-electron chi connectivity index (χ1n) is 8.54. The van der Waals surface area contributed by atoms with Crippen molar-refractivity contribution in [1.29, 1.82) is 0 Å². The molecule has 2 aliphatic rings. The molecule has 2 fully saturated rings. The second-order valence-electron chi connectivity index (χ2n) is 7.77. The summed E-state index contributed by atoms with van der Waals surface area (Å²) in [6.45, 7) is 6.61. The number of fused-ring (bicyclic) bond motifs is 1. The van der Waals surface area contributed by atoms with E-state index in [0.29, 0.717) is 30.4 Å². The molecular weight excluding hydrogens is 312 g/mol. The van der Waals surface area contributed by atoms with Gasteiger partial charge in [0.2, 0.25) is 5.91 Å². The fraction of sp³-hybridized carbons (Fsp3) is 0.667. The number of nitrogens with one attached hydrogen (secondary N) is 2. The second-order valence-corrected chi connectivity index (χ2v) is 7.77. The molecule has 0 bridgehead atoms. The Kier molecular flexibility index (Phi) is 4.36. The monoisotopic (exact) mass is 337 g/mol. The maximum absolute atomic E-state index is 13.7. The summed E-state index contributed by atoms with van der Waals surface area (Å²) in [5.74, 6) is -1.74. The molecule has 1 saturated heterocycles. The van der Waals surface area contributed by atoms with Gasteiger partial charge in [0.25, 0.3) is 5.92 Å². The van der Waals surface area contributed by atoms with Gasteiger partial charge in [0.15, 0.2) is 0 Å². The van der Waals surface area contributed by atoms with Crippen LogP contribution in [-0.4, -0.2) is 29.5 Å². The molecule has 2 atom stereocenters. The first-order valence-corrected chi connectivity index (χ1v) is 8.54. The fourth-order valence-electron chi connectivity index (χ4n) is 3.75. The highest BCUT2D eigenvalue weighted by molar-refractivity contribution is 5.83. The summed E-state index contributed by atoms with van der Waals surface area (Å²) < 4.78 is 27.3. The number of amides is 1. The number of alkyl halides is 2. The van der Waals surface area contributed by atoms with Crippen molar-refractivity contribution in [3.8, 4) is 0 Å². The quantitative estimate of drug-likeness (QED) is 0.838. The van der Waals surface area contributed by atoms with Gasteiger partial charge in [-0.3, -0.25) is 9.78 Å². The summed E-state index contributed by atoms with van der Waals surface area (Å²) in [4.78, 5) is 16.5. The Morgan fingerprint density at radius 1 is 1.33 bits per heavy atom. The molecule has 1 amide bonds. The number of carbonyl (C=O) groups excluding carboxylic acids is 1. The molecule has 3 rings (SSSR count). The van der Waals surface area contributed by atoms with E-state index < -0.39 is 11.5 Å². The van der Waals surface area contributed by atoms with Crippen molar-refractivity contribution in [3.05, 3.63) is 29.6 Å². The molecule has 0 spiro atoms. The zero-order chi connectivity index (χ0) is 17.5. The Morgan fingerprint density at radius 2 is 2.00 bits per heavy atom. The Balaban J connectivity index is 1.58. The smallest absolute Gasteiger partial charge is 0.272 e. The van der Waals surface area contributed by atoms with Gasteiger partial charge in [-0.05, 0) is 63.7 Å². The van der Waals surface area contributed by atoms with Gasteiger partial charge in [0.05, 0.1) is 0 Å². The number of pyridine rings is 1. The first-order chi connectivity index (χ1) is 11.2. The summed E-state index contributed by atoms with van der Waals surface area (Å²) in [6.07, 6.45) is 2.51. The van der Waals surface area contributed by atoms with Gasteiger partial charge >= 0.3 is 0 Å². The SMILES string of the molecule is CC(C)(CCc1ncccc1C(C)(F)F)NC(=O)C1C2CNCC21. The van der Waals surface area contributed by atoms with Crippen molar-refractivity contribution in [3.63, 3.8) is 0 Å². The summed E-state index contributed by atoms with van der Waals surface area (Å²) in [7, 11) is 0. The summed E-state index contributed by atoms with van der Waals surface area (Å²) in [6, 6.07) is 2.95. The van der Waals surface area contributed by atoms with Crippen molar-refractivity contribution in [2.45, 2.75) is 45.1 Å². The van der Waals surface area contributed by atoms with E-state index in [1.54, 1.807) is 0 Å². The lowest BCUT2D eigenvalue weighted by Crippen LogP contribution is -2.45. The van der Waals surface area contributed by atoms with Gasteiger partial charge in [-0.25, -0.2) is 8.78 Å². The third-order valence-electron chi connectivity index (χ3n) is 5.21. The van der Waals surface area contributed by atoms with E-state index in [2.05, 4.69) is 15.6 Å². The molecule has 0 aromatic carbocycles. The minimum Gasteiger partial charge on any atom is -0.351 e. The Labute approximate surface area is 141 Å². The molecule has 1 aromatic heterocycles. The number of hydrogen-bond acceptors (Lipinski definition) is 3. The van der Waals surface area contributed by atoms with E-state index in [9.17, 15) is 13.6 Å². The number of aryl methyl sites for hydroxylation is 1. The van der Waals surface area contributed by atoms with Crippen LogP contribution < -0.4 is 10.6 Å². The number of carbonyl (C=O) groups is 1. The molecular formula is C18H25F2N3O. The van der Waals surface area contributed by atoms with Gasteiger partial charge in [0, 0.05) is 35.8 Å². The molecule has 1 aliphatic carbocycles. The van der Waals surface area contributed by atoms with Crippen LogP contribution in [-0.2, 0) is 17.1 Å². The van der Waals surface area contributed by atoms with Crippen LogP contribution >= 0.6 is 0 Å². The molecule has 2 N–H and O–H groups in total. The molecule has 6 heteroatoms. The highest BCUT2D eigenvalue weighted by Gasteiger charge is 2.57. The van der Waals surface area contributed by atoms with Crippen LogP contribution in [0.5, 0.6) is 0 Å². The van der Waals surface area contributed by atoms with Crippen molar-refractivity contribution >= 4 is 5.91 Å². The minimum absolute atomic E-state index is 0.0325. The van der Waals surface area contributed by atoms with Gasteiger partial charge in [-0.2, -0.15) is 0 Å². The van der Waals surface area contributed by atoms with E-state index in [4.69, 9.17) is 0 Å². The third kappa shape index (κ3) is 3.58. The van der Waals surface area contributed by atoms with Gasteiger partial charge < -0.3 is 10.6 Å². The molecule has 132 valence electrons. The third-order valence-corrected chi connectivity index (χ3v) is 5.21. The summed E-state index contributed by atoms with van der Waals surface area (Å²) in [5.41, 5.74) is -0.0751. The molecule has 2 unspecified atom stereocenters. The van der Waals surface area contributed by atoms with E-state index >= 15 is 0 Å². The highest BCUT2D eigenvalue weighted by atomic mass is 19.3. The number of nitrogens with zero attached hydrogens (tertiary/aromatic N) is 1. The van der Waals surface area contributed by atoms with Gasteiger partial charge in [-0.1, -0.05) is 0 Å². The zero-order valence-corrected chi connectivity index (χ0v) is 14.4. The lowest BCUT2D eigenvalue weighted by atomic mass is 9.94. The summed E-state index contributed by atoms with van der Waals surface area (Å²) >= 11 is 0. The fourth-order valence-corrected chi connectivity index (χ4v) is 3.75. The lowest BCUT2D eigenvalue weighted by molar-refractivity contribution is -0.124. The zero-order valence-electron chi connectivity index (χ0n) is 14.4. The average molecular weight is 337 g/mol. The molecule has 4 nitrogen and oxygen atoms in total. The minimum atomic E-state index is -2.91. The molecule has 1 aromatic rings. The molecule has 1 aliphatic heterocycles. The van der Waals surface area contributed by atoms with Crippen LogP contribution in [0.4, 0.5) is 8.78 Å². The van der Waals surface area contributed by atoms with E-state index in [1.165, 1.54) is 18.3 Å². The van der Waals surface area contributed by atoms with Crippen molar-refractivity contribution in [1.82, 2.24) is 15.6 Å². The number of rotatable bonds is 6. The van der Waals surface area contributed by atoms with E-state index in [1.807, 2.05) is 13.8 Å². The standard InChI is InChI=1S/C18H25F2N3O/c1-17(2,23-16(24)15-11-9-21-10-12(11)15)7-6-14-13(18(3,19)20)5-4-8-22-14/h4-5,8,11-12,15,21H,6-7,9-10H2,1-3H3,(H,23,24). The summed E-state index contributed by atoms with van der Waals surface area (Å²) in [5, 5.41) is 6.37. The number of halogens is 2. The number of aromatic nitrogens is 1. The predicted octanol–water partition coefficient (Wildman–Crippen LogP) is 2.49. The topological polar surface area (TPSA) is 54.0 Å². The van der Waals surface area contributed by atoms with Crippen molar-refractivity contribution < 1.29 is 13.6 Å². The number of hydrogen-bond donors (Lipinski definition) is 2. The molecule has 1 saturated carbocycles. The van der Waals surface area contributed by atoms with Crippen LogP contribution in [0.2, 0.25) is 0 Å². The first kappa shape index (κ1) is 17.3. The maximum atomic E-state index is 13.7. The van der Waals surface area contributed by atoms with Crippen LogP contribution in [0.1, 0.15) is 38.4 Å². The van der Waals surface area contributed by atoms with E-state index in [-0.39, 0.29) is 17.4 Å².